The number of piperidine rings is 1. The van der Waals surface area contributed by atoms with Crippen LogP contribution in [0.3, 0.4) is 0 Å². The normalized spacial score (nSPS) is 17.9. The molecule has 0 radical (unpaired) electrons. The number of oxazole rings is 1. The van der Waals surface area contributed by atoms with Crippen LogP contribution in [0.25, 0.3) is 0 Å². The lowest BCUT2D eigenvalue weighted by atomic mass is 9.85. The van der Waals surface area contributed by atoms with E-state index in [1.54, 1.807) is 9.80 Å². The van der Waals surface area contributed by atoms with E-state index in [4.69, 9.17) is 13.9 Å². The van der Waals surface area contributed by atoms with Crippen LogP contribution in [-0.2, 0) is 20.8 Å². The minimum Gasteiger partial charge on any atom is -0.464 e. The molecular weight excluding hydrogens is 440 g/mol. The van der Waals surface area contributed by atoms with Crippen molar-refractivity contribution in [2.45, 2.75) is 51.3 Å². The molecule has 1 spiro atoms. The molecule has 2 fully saturated rings. The zero-order valence-electron chi connectivity index (χ0n) is 19.9. The molecule has 0 N–H and O–H groups in total. The molecule has 1 aromatic heterocycles. The van der Waals surface area contributed by atoms with Gasteiger partial charge < -0.3 is 28.6 Å². The van der Waals surface area contributed by atoms with Crippen LogP contribution in [-0.4, -0.2) is 70.8 Å². The second kappa shape index (κ2) is 9.00. The molecule has 1 aromatic carbocycles. The standard InChI is InChI=1S/C24H30N4O6/c1-23(2,3)34-22(31)26-12-10-24(11-13-26)21(30)27(16-28(24)17-8-6-5-7-9-17)14-18-19(20(29)32-4)25-15-33-18/h5-9,15H,10-14,16H2,1-4H3. The average Bonchev–Trinajstić information content (AvgIpc) is 3.37. The molecule has 10 nitrogen and oxygen atoms in total. The van der Waals surface area contributed by atoms with Gasteiger partial charge in [-0.2, -0.15) is 0 Å². The number of carbonyl (C=O) groups excluding carboxylic acids is 3. The SMILES string of the molecule is COC(=O)c1ncoc1CN1CN(c2ccccc2)C2(CCN(C(=O)OC(C)(C)C)CC2)C1=O. The maximum absolute atomic E-state index is 13.8. The third kappa shape index (κ3) is 4.44. The number of hydrogen-bond donors (Lipinski definition) is 0. The Balaban J connectivity index is 1.58. The molecular formula is C24H30N4O6. The van der Waals surface area contributed by atoms with Crippen molar-refractivity contribution in [3.63, 3.8) is 0 Å². The second-order valence-electron chi connectivity index (χ2n) is 9.52. The topological polar surface area (TPSA) is 105 Å². The molecule has 2 amide bonds. The van der Waals surface area contributed by atoms with E-state index in [-0.39, 0.29) is 30.0 Å². The summed E-state index contributed by atoms with van der Waals surface area (Å²) in [5.41, 5.74) is -0.431. The van der Waals surface area contributed by atoms with Crippen molar-refractivity contribution in [1.82, 2.24) is 14.8 Å². The van der Waals surface area contributed by atoms with Gasteiger partial charge in [-0.3, -0.25) is 4.79 Å². The fourth-order valence-corrected chi connectivity index (χ4v) is 4.53. The number of anilines is 1. The summed E-state index contributed by atoms with van der Waals surface area (Å²) in [6, 6.07) is 9.71. The largest absolute Gasteiger partial charge is 0.464 e. The van der Waals surface area contributed by atoms with Gasteiger partial charge in [-0.1, -0.05) is 18.2 Å². The first-order valence-electron chi connectivity index (χ1n) is 11.3. The van der Waals surface area contributed by atoms with Crippen LogP contribution in [0.2, 0.25) is 0 Å². The van der Waals surface area contributed by atoms with E-state index in [2.05, 4.69) is 9.88 Å². The molecule has 2 saturated heterocycles. The Bertz CT molecular complexity index is 1050. The molecule has 0 bridgehead atoms. The molecule has 34 heavy (non-hydrogen) atoms. The van der Waals surface area contributed by atoms with Gasteiger partial charge in [0.15, 0.2) is 17.8 Å². The molecule has 3 heterocycles. The summed E-state index contributed by atoms with van der Waals surface area (Å²) in [4.78, 5) is 47.8. The Morgan fingerprint density at radius 2 is 1.82 bits per heavy atom. The van der Waals surface area contributed by atoms with Crippen molar-refractivity contribution in [1.29, 1.82) is 0 Å². The van der Waals surface area contributed by atoms with Crippen LogP contribution in [0.1, 0.15) is 49.9 Å². The monoisotopic (exact) mass is 470 g/mol. The fourth-order valence-electron chi connectivity index (χ4n) is 4.53. The number of nitrogens with zero attached hydrogens (tertiary/aromatic N) is 4. The van der Waals surface area contributed by atoms with Gasteiger partial charge in [0.1, 0.15) is 11.1 Å². The van der Waals surface area contributed by atoms with Gasteiger partial charge in [0.25, 0.3) is 0 Å². The number of hydrogen-bond acceptors (Lipinski definition) is 8. The number of amides is 2. The van der Waals surface area contributed by atoms with Crippen molar-refractivity contribution in [2.24, 2.45) is 0 Å². The zero-order chi connectivity index (χ0) is 24.5. The van der Waals surface area contributed by atoms with Gasteiger partial charge in [-0.25, -0.2) is 14.6 Å². The number of methoxy groups -OCH3 is 1. The van der Waals surface area contributed by atoms with Crippen molar-refractivity contribution in [2.75, 3.05) is 31.8 Å². The maximum atomic E-state index is 13.8. The number of para-hydroxylation sites is 1. The van der Waals surface area contributed by atoms with E-state index in [0.717, 1.165) is 5.69 Å². The van der Waals surface area contributed by atoms with E-state index in [0.29, 0.717) is 32.6 Å². The lowest BCUT2D eigenvalue weighted by Crippen LogP contribution is -2.57. The third-order valence-electron chi connectivity index (χ3n) is 6.18. The van der Waals surface area contributed by atoms with E-state index in [1.807, 2.05) is 51.1 Å². The number of rotatable bonds is 4. The van der Waals surface area contributed by atoms with Crippen molar-refractivity contribution in [3.05, 3.63) is 48.2 Å². The lowest BCUT2D eigenvalue weighted by molar-refractivity contribution is -0.134. The molecule has 0 aliphatic carbocycles. The summed E-state index contributed by atoms with van der Waals surface area (Å²) in [6.45, 7) is 6.69. The van der Waals surface area contributed by atoms with Gasteiger partial charge in [-0.05, 0) is 45.7 Å². The minimum atomic E-state index is -0.814. The maximum Gasteiger partial charge on any atom is 0.410 e. The highest BCUT2D eigenvalue weighted by Crippen LogP contribution is 2.40. The first-order chi connectivity index (χ1) is 16.1. The van der Waals surface area contributed by atoms with Crippen LogP contribution in [0.5, 0.6) is 0 Å². The third-order valence-corrected chi connectivity index (χ3v) is 6.18. The Morgan fingerprint density at radius 1 is 1.15 bits per heavy atom. The first-order valence-corrected chi connectivity index (χ1v) is 11.3. The molecule has 182 valence electrons. The number of carbonyl (C=O) groups is 3. The van der Waals surface area contributed by atoms with Crippen LogP contribution in [0.4, 0.5) is 10.5 Å². The number of likely N-dealkylation sites (tertiary alicyclic amines) is 1. The van der Waals surface area contributed by atoms with Crippen molar-refractivity contribution >= 4 is 23.7 Å². The quantitative estimate of drug-likeness (QED) is 0.628. The fraction of sp³-hybridized carbons (Fsp3) is 0.500. The van der Waals surface area contributed by atoms with E-state index < -0.39 is 17.1 Å². The highest BCUT2D eigenvalue weighted by Gasteiger charge is 2.54. The summed E-state index contributed by atoms with van der Waals surface area (Å²) in [6.07, 6.45) is 1.71. The summed E-state index contributed by atoms with van der Waals surface area (Å²) in [5.74, 6) is -0.417. The second-order valence-corrected chi connectivity index (χ2v) is 9.52. The van der Waals surface area contributed by atoms with Gasteiger partial charge in [0, 0.05) is 18.8 Å². The minimum absolute atomic E-state index is 0.0576. The predicted molar refractivity (Wildman–Crippen MR) is 122 cm³/mol. The van der Waals surface area contributed by atoms with Crippen LogP contribution >= 0.6 is 0 Å². The van der Waals surface area contributed by atoms with Gasteiger partial charge in [-0.15, -0.1) is 0 Å². The van der Waals surface area contributed by atoms with Crippen molar-refractivity contribution in [3.8, 4) is 0 Å². The number of ether oxygens (including phenoxy) is 2. The molecule has 10 heteroatoms. The average molecular weight is 471 g/mol. The number of benzene rings is 1. The first kappa shape index (κ1) is 23.6. The Morgan fingerprint density at radius 3 is 2.44 bits per heavy atom. The van der Waals surface area contributed by atoms with Gasteiger partial charge >= 0.3 is 12.1 Å². The summed E-state index contributed by atoms with van der Waals surface area (Å²) in [7, 11) is 1.27. The van der Waals surface area contributed by atoms with Crippen LogP contribution < -0.4 is 4.90 Å². The predicted octanol–water partition coefficient (Wildman–Crippen LogP) is 3.04. The van der Waals surface area contributed by atoms with E-state index >= 15 is 0 Å². The zero-order valence-corrected chi connectivity index (χ0v) is 19.9. The molecule has 4 rings (SSSR count). The molecule has 0 saturated carbocycles. The molecule has 2 aromatic rings. The summed E-state index contributed by atoms with van der Waals surface area (Å²) in [5, 5.41) is 0. The van der Waals surface area contributed by atoms with Crippen LogP contribution in [0.15, 0.2) is 41.1 Å². The Hall–Kier alpha value is -3.56. The van der Waals surface area contributed by atoms with Crippen molar-refractivity contribution < 1.29 is 28.3 Å². The summed E-state index contributed by atoms with van der Waals surface area (Å²) >= 11 is 0. The lowest BCUT2D eigenvalue weighted by Gasteiger charge is -2.43. The number of aromatic nitrogens is 1. The van der Waals surface area contributed by atoms with E-state index in [1.165, 1.54) is 13.5 Å². The molecule has 0 atom stereocenters. The highest BCUT2D eigenvalue weighted by molar-refractivity contribution is 5.94. The van der Waals surface area contributed by atoms with E-state index in [9.17, 15) is 14.4 Å². The Kier molecular flexibility index (Phi) is 6.24. The van der Waals surface area contributed by atoms with Crippen LogP contribution in [0, 0.1) is 0 Å². The Labute approximate surface area is 198 Å². The highest BCUT2D eigenvalue weighted by atomic mass is 16.6. The molecule has 0 unspecified atom stereocenters. The summed E-state index contributed by atoms with van der Waals surface area (Å²) < 4.78 is 15.7. The molecule has 2 aliphatic rings. The molecule has 2 aliphatic heterocycles. The smallest absolute Gasteiger partial charge is 0.410 e. The van der Waals surface area contributed by atoms with Gasteiger partial charge in [0.05, 0.1) is 20.3 Å². The van der Waals surface area contributed by atoms with Gasteiger partial charge in [0.2, 0.25) is 5.91 Å². The number of esters is 1.